The van der Waals surface area contributed by atoms with Gasteiger partial charge in [-0.1, -0.05) is 30.3 Å². The van der Waals surface area contributed by atoms with Gasteiger partial charge in [-0.3, -0.25) is 4.90 Å². The molecule has 1 saturated heterocycles. The van der Waals surface area contributed by atoms with E-state index >= 15 is 0 Å². The first-order chi connectivity index (χ1) is 9.84. The van der Waals surface area contributed by atoms with Gasteiger partial charge in [-0.25, -0.2) is 4.68 Å². The van der Waals surface area contributed by atoms with E-state index in [2.05, 4.69) is 22.1 Å². The van der Waals surface area contributed by atoms with Crippen LogP contribution in [0.4, 0.5) is 5.82 Å². The Balaban J connectivity index is 1.67. The number of benzene rings is 1. The van der Waals surface area contributed by atoms with Gasteiger partial charge in [-0.2, -0.15) is 5.10 Å². The fraction of sp³-hybridized carbons (Fsp3) is 0.400. The van der Waals surface area contributed by atoms with E-state index in [0.29, 0.717) is 0 Å². The predicted molar refractivity (Wildman–Crippen MR) is 79.3 cm³/mol. The Morgan fingerprint density at radius 1 is 1.10 bits per heavy atom. The molecule has 0 saturated carbocycles. The summed E-state index contributed by atoms with van der Waals surface area (Å²) in [6, 6.07) is 10.1. The molecule has 5 heteroatoms. The van der Waals surface area contributed by atoms with Gasteiger partial charge < -0.3 is 10.5 Å². The number of ether oxygens (including phenoxy) is 1. The molecule has 1 aromatic heterocycles. The zero-order valence-electron chi connectivity index (χ0n) is 11.5. The topological polar surface area (TPSA) is 56.3 Å². The first-order valence-corrected chi connectivity index (χ1v) is 7.01. The molecule has 1 aliphatic rings. The van der Waals surface area contributed by atoms with Crippen molar-refractivity contribution in [3.05, 3.63) is 36.5 Å². The molecule has 20 heavy (non-hydrogen) atoms. The minimum atomic E-state index is 0.740. The van der Waals surface area contributed by atoms with Gasteiger partial charge in [0, 0.05) is 25.2 Å². The molecule has 0 radical (unpaired) electrons. The molecule has 106 valence electrons. The van der Waals surface area contributed by atoms with E-state index in [1.807, 2.05) is 29.1 Å². The Labute approximate surface area is 118 Å². The molecule has 2 aromatic rings. The summed E-state index contributed by atoms with van der Waals surface area (Å²) in [4.78, 5) is 2.38. The monoisotopic (exact) mass is 272 g/mol. The summed E-state index contributed by atoms with van der Waals surface area (Å²) in [5, 5.41) is 4.41. The Bertz CT molecular complexity index is 546. The van der Waals surface area contributed by atoms with Gasteiger partial charge in [-0.05, 0) is 5.56 Å². The molecular formula is C15H20N4O. The normalized spacial score (nSPS) is 16.4. The van der Waals surface area contributed by atoms with Crippen LogP contribution in [0.15, 0.2) is 36.5 Å². The SMILES string of the molecule is Nc1c(-c2ccccc2)cnn1CCN1CCOCC1. The average molecular weight is 272 g/mol. The van der Waals surface area contributed by atoms with E-state index in [4.69, 9.17) is 10.5 Å². The molecule has 2 heterocycles. The molecule has 5 nitrogen and oxygen atoms in total. The maximum atomic E-state index is 6.21. The largest absolute Gasteiger partial charge is 0.383 e. The van der Waals surface area contributed by atoms with Crippen LogP contribution in [0, 0.1) is 0 Å². The molecule has 0 aliphatic carbocycles. The molecule has 0 atom stereocenters. The minimum absolute atomic E-state index is 0.740. The summed E-state index contributed by atoms with van der Waals surface area (Å²) in [6.07, 6.45) is 1.85. The van der Waals surface area contributed by atoms with Gasteiger partial charge in [0.2, 0.25) is 0 Å². The first kappa shape index (κ1) is 13.1. The fourth-order valence-electron chi connectivity index (χ4n) is 2.47. The summed E-state index contributed by atoms with van der Waals surface area (Å²) < 4.78 is 7.24. The minimum Gasteiger partial charge on any atom is -0.383 e. The molecule has 3 rings (SSSR count). The molecular weight excluding hydrogens is 252 g/mol. The standard InChI is InChI=1S/C15H20N4O/c16-15-14(13-4-2-1-3-5-13)12-17-19(15)7-6-18-8-10-20-11-9-18/h1-5,12H,6-11,16H2. The van der Waals surface area contributed by atoms with Crippen molar-refractivity contribution in [1.82, 2.24) is 14.7 Å². The highest BCUT2D eigenvalue weighted by atomic mass is 16.5. The third kappa shape index (κ3) is 2.84. The Kier molecular flexibility index (Phi) is 3.99. The van der Waals surface area contributed by atoms with Crippen molar-refractivity contribution >= 4 is 5.82 Å². The van der Waals surface area contributed by atoms with Gasteiger partial charge in [-0.15, -0.1) is 0 Å². The first-order valence-electron chi connectivity index (χ1n) is 7.01. The number of rotatable bonds is 4. The van der Waals surface area contributed by atoms with Gasteiger partial charge in [0.15, 0.2) is 0 Å². The number of nitrogen functional groups attached to an aromatic ring is 1. The van der Waals surface area contributed by atoms with Crippen LogP contribution in [-0.2, 0) is 11.3 Å². The van der Waals surface area contributed by atoms with Crippen LogP contribution in [0.5, 0.6) is 0 Å². The van der Waals surface area contributed by atoms with Crippen LogP contribution in [0.1, 0.15) is 0 Å². The smallest absolute Gasteiger partial charge is 0.129 e. The zero-order valence-corrected chi connectivity index (χ0v) is 11.5. The Hall–Kier alpha value is -1.85. The number of hydrogen-bond acceptors (Lipinski definition) is 4. The molecule has 0 spiro atoms. The number of anilines is 1. The second-order valence-corrected chi connectivity index (χ2v) is 4.99. The van der Waals surface area contributed by atoms with E-state index in [-0.39, 0.29) is 0 Å². The molecule has 0 bridgehead atoms. The van der Waals surface area contributed by atoms with Crippen molar-refractivity contribution < 1.29 is 4.74 Å². The molecule has 1 aromatic carbocycles. The van der Waals surface area contributed by atoms with Crippen LogP contribution in [0.3, 0.4) is 0 Å². The van der Waals surface area contributed by atoms with E-state index < -0.39 is 0 Å². The van der Waals surface area contributed by atoms with Crippen molar-refractivity contribution in [3.8, 4) is 11.1 Å². The van der Waals surface area contributed by atoms with Crippen LogP contribution >= 0.6 is 0 Å². The third-order valence-electron chi connectivity index (χ3n) is 3.70. The fourth-order valence-corrected chi connectivity index (χ4v) is 2.47. The van der Waals surface area contributed by atoms with Crippen molar-refractivity contribution in [1.29, 1.82) is 0 Å². The van der Waals surface area contributed by atoms with Gasteiger partial charge in [0.1, 0.15) is 5.82 Å². The van der Waals surface area contributed by atoms with Crippen LogP contribution in [-0.4, -0.2) is 47.5 Å². The second-order valence-electron chi connectivity index (χ2n) is 4.99. The molecule has 1 fully saturated rings. The van der Waals surface area contributed by atoms with Gasteiger partial charge >= 0.3 is 0 Å². The summed E-state index contributed by atoms with van der Waals surface area (Å²) in [5.74, 6) is 0.740. The second kappa shape index (κ2) is 6.07. The predicted octanol–water partition coefficient (Wildman–Crippen LogP) is 1.46. The number of hydrogen-bond donors (Lipinski definition) is 1. The van der Waals surface area contributed by atoms with E-state index in [9.17, 15) is 0 Å². The lowest BCUT2D eigenvalue weighted by Gasteiger charge is -2.26. The maximum absolute atomic E-state index is 6.21. The maximum Gasteiger partial charge on any atom is 0.129 e. The molecule has 2 N–H and O–H groups in total. The Morgan fingerprint density at radius 3 is 2.60 bits per heavy atom. The summed E-state index contributed by atoms with van der Waals surface area (Å²) in [5.41, 5.74) is 8.33. The lowest BCUT2D eigenvalue weighted by atomic mass is 10.1. The highest BCUT2D eigenvalue weighted by Gasteiger charge is 2.13. The average Bonchev–Trinajstić information content (AvgIpc) is 2.88. The lowest BCUT2D eigenvalue weighted by Crippen LogP contribution is -2.38. The Morgan fingerprint density at radius 2 is 1.85 bits per heavy atom. The van der Waals surface area contributed by atoms with Crippen molar-refractivity contribution in [2.24, 2.45) is 0 Å². The van der Waals surface area contributed by atoms with Crippen molar-refractivity contribution in [3.63, 3.8) is 0 Å². The number of aromatic nitrogens is 2. The lowest BCUT2D eigenvalue weighted by molar-refractivity contribution is 0.0360. The molecule has 0 unspecified atom stereocenters. The van der Waals surface area contributed by atoms with Gasteiger partial charge in [0.25, 0.3) is 0 Å². The number of morpholine rings is 1. The van der Waals surface area contributed by atoms with Crippen LogP contribution in [0.25, 0.3) is 11.1 Å². The summed E-state index contributed by atoms with van der Waals surface area (Å²) >= 11 is 0. The molecule has 0 amide bonds. The van der Waals surface area contributed by atoms with Crippen LogP contribution < -0.4 is 5.73 Å². The highest BCUT2D eigenvalue weighted by Crippen LogP contribution is 2.24. The van der Waals surface area contributed by atoms with Crippen molar-refractivity contribution in [2.75, 3.05) is 38.6 Å². The third-order valence-corrected chi connectivity index (χ3v) is 3.70. The van der Waals surface area contributed by atoms with E-state index in [0.717, 1.165) is 56.3 Å². The van der Waals surface area contributed by atoms with E-state index in [1.165, 1.54) is 0 Å². The number of nitrogens with two attached hydrogens (primary N) is 1. The zero-order chi connectivity index (χ0) is 13.8. The van der Waals surface area contributed by atoms with E-state index in [1.54, 1.807) is 0 Å². The number of nitrogens with zero attached hydrogens (tertiary/aromatic N) is 3. The molecule has 1 aliphatic heterocycles. The summed E-state index contributed by atoms with van der Waals surface area (Å²) in [7, 11) is 0. The quantitative estimate of drug-likeness (QED) is 0.915. The summed E-state index contributed by atoms with van der Waals surface area (Å²) in [6.45, 7) is 5.41. The highest BCUT2D eigenvalue weighted by molar-refractivity contribution is 5.73. The van der Waals surface area contributed by atoms with Crippen LogP contribution in [0.2, 0.25) is 0 Å². The van der Waals surface area contributed by atoms with Gasteiger partial charge in [0.05, 0.1) is 26.0 Å². The van der Waals surface area contributed by atoms with Crippen molar-refractivity contribution in [2.45, 2.75) is 6.54 Å².